The predicted octanol–water partition coefficient (Wildman–Crippen LogP) is 2.29. The molecule has 2 rings (SSSR count). The Morgan fingerprint density at radius 2 is 2.19 bits per heavy atom. The van der Waals surface area contributed by atoms with E-state index in [1.807, 2.05) is 17.9 Å². The van der Waals surface area contributed by atoms with Crippen molar-refractivity contribution in [2.45, 2.75) is 45.1 Å². The van der Waals surface area contributed by atoms with Crippen molar-refractivity contribution in [1.82, 2.24) is 9.78 Å². The zero-order valence-electron chi connectivity index (χ0n) is 10.6. The van der Waals surface area contributed by atoms with E-state index in [1.165, 1.54) is 18.4 Å². The summed E-state index contributed by atoms with van der Waals surface area (Å²) in [7, 11) is 1.97. The number of nitrogens with two attached hydrogens (primary N) is 1. The van der Waals surface area contributed by atoms with E-state index in [0.29, 0.717) is 12.0 Å². The standard InChI is InChI=1S/C13H23N3/c1-9(2)10-4-5-13(14)12(6-10)11-7-15-16(3)8-11/h7-10,12-13H,4-6,14H2,1-3H3. The lowest BCUT2D eigenvalue weighted by Gasteiger charge is -2.35. The largest absolute Gasteiger partial charge is 0.327 e. The second-order valence-corrected chi connectivity index (χ2v) is 5.53. The van der Waals surface area contributed by atoms with Crippen LogP contribution in [0.5, 0.6) is 0 Å². The number of rotatable bonds is 2. The highest BCUT2D eigenvalue weighted by Crippen LogP contribution is 2.38. The van der Waals surface area contributed by atoms with Crippen molar-refractivity contribution in [3.8, 4) is 0 Å². The van der Waals surface area contributed by atoms with E-state index < -0.39 is 0 Å². The first-order valence-electron chi connectivity index (χ1n) is 6.32. The Morgan fingerprint density at radius 3 is 2.75 bits per heavy atom. The summed E-state index contributed by atoms with van der Waals surface area (Å²) in [6.45, 7) is 4.64. The van der Waals surface area contributed by atoms with Crippen LogP contribution in [0.3, 0.4) is 0 Å². The molecule has 3 atom stereocenters. The fourth-order valence-corrected chi connectivity index (χ4v) is 2.85. The molecule has 0 bridgehead atoms. The average Bonchev–Trinajstić information content (AvgIpc) is 2.65. The highest BCUT2D eigenvalue weighted by Gasteiger charge is 2.31. The minimum Gasteiger partial charge on any atom is -0.327 e. The fraction of sp³-hybridized carbons (Fsp3) is 0.769. The van der Waals surface area contributed by atoms with Crippen LogP contribution in [0.25, 0.3) is 0 Å². The monoisotopic (exact) mass is 221 g/mol. The van der Waals surface area contributed by atoms with Crippen LogP contribution in [0.1, 0.15) is 44.6 Å². The van der Waals surface area contributed by atoms with Gasteiger partial charge in [-0.1, -0.05) is 13.8 Å². The number of aryl methyl sites for hydroxylation is 1. The molecule has 0 aliphatic heterocycles. The van der Waals surface area contributed by atoms with E-state index in [9.17, 15) is 0 Å². The predicted molar refractivity (Wildman–Crippen MR) is 66.1 cm³/mol. The van der Waals surface area contributed by atoms with Gasteiger partial charge >= 0.3 is 0 Å². The molecule has 0 radical (unpaired) electrons. The summed E-state index contributed by atoms with van der Waals surface area (Å²) in [5, 5.41) is 4.26. The summed E-state index contributed by atoms with van der Waals surface area (Å²) in [6.07, 6.45) is 7.77. The number of hydrogen-bond donors (Lipinski definition) is 1. The van der Waals surface area contributed by atoms with Gasteiger partial charge in [0.15, 0.2) is 0 Å². The maximum absolute atomic E-state index is 6.25. The molecule has 0 aromatic carbocycles. The quantitative estimate of drug-likeness (QED) is 0.832. The van der Waals surface area contributed by atoms with Crippen molar-refractivity contribution in [2.24, 2.45) is 24.6 Å². The van der Waals surface area contributed by atoms with Gasteiger partial charge in [-0.2, -0.15) is 5.10 Å². The van der Waals surface area contributed by atoms with Crippen LogP contribution < -0.4 is 5.73 Å². The van der Waals surface area contributed by atoms with Crippen LogP contribution in [-0.2, 0) is 7.05 Å². The van der Waals surface area contributed by atoms with Crippen molar-refractivity contribution >= 4 is 0 Å². The molecule has 3 nitrogen and oxygen atoms in total. The van der Waals surface area contributed by atoms with E-state index in [0.717, 1.165) is 18.3 Å². The third-order valence-corrected chi connectivity index (χ3v) is 4.04. The third kappa shape index (κ3) is 2.29. The molecule has 0 amide bonds. The summed E-state index contributed by atoms with van der Waals surface area (Å²) in [5.74, 6) is 2.10. The van der Waals surface area contributed by atoms with Crippen LogP contribution >= 0.6 is 0 Å². The molecule has 1 fully saturated rings. The van der Waals surface area contributed by atoms with Crippen LogP contribution in [-0.4, -0.2) is 15.8 Å². The SMILES string of the molecule is CC(C)C1CCC(N)C(c2cnn(C)c2)C1. The van der Waals surface area contributed by atoms with Crippen LogP contribution in [0.2, 0.25) is 0 Å². The normalized spacial score (nSPS) is 30.9. The van der Waals surface area contributed by atoms with Gasteiger partial charge in [0.1, 0.15) is 0 Å². The van der Waals surface area contributed by atoms with E-state index >= 15 is 0 Å². The smallest absolute Gasteiger partial charge is 0.0525 e. The zero-order valence-corrected chi connectivity index (χ0v) is 10.6. The van der Waals surface area contributed by atoms with Gasteiger partial charge in [0, 0.05) is 25.2 Å². The molecule has 1 saturated carbocycles. The molecule has 0 saturated heterocycles. The number of hydrogen-bond acceptors (Lipinski definition) is 2. The Bertz CT molecular complexity index is 343. The van der Waals surface area contributed by atoms with E-state index in [4.69, 9.17) is 5.73 Å². The molecule has 3 unspecified atom stereocenters. The van der Waals surface area contributed by atoms with Crippen molar-refractivity contribution in [3.05, 3.63) is 18.0 Å². The van der Waals surface area contributed by atoms with E-state index in [-0.39, 0.29) is 0 Å². The molecule has 1 heterocycles. The first-order chi connectivity index (χ1) is 7.58. The summed E-state index contributed by atoms with van der Waals surface area (Å²) in [6, 6.07) is 0.319. The second kappa shape index (κ2) is 4.58. The minimum absolute atomic E-state index is 0.319. The number of nitrogens with zero attached hydrogens (tertiary/aromatic N) is 2. The van der Waals surface area contributed by atoms with E-state index in [1.54, 1.807) is 0 Å². The molecule has 1 aromatic rings. The first-order valence-corrected chi connectivity index (χ1v) is 6.32. The number of aromatic nitrogens is 2. The van der Waals surface area contributed by atoms with Crippen molar-refractivity contribution in [2.75, 3.05) is 0 Å². The first kappa shape index (κ1) is 11.6. The molecule has 2 N–H and O–H groups in total. The van der Waals surface area contributed by atoms with Crippen LogP contribution in [0, 0.1) is 11.8 Å². The summed E-state index contributed by atoms with van der Waals surface area (Å²) < 4.78 is 1.88. The summed E-state index contributed by atoms with van der Waals surface area (Å²) >= 11 is 0. The maximum Gasteiger partial charge on any atom is 0.0525 e. The molecule has 16 heavy (non-hydrogen) atoms. The Hall–Kier alpha value is -0.830. The Morgan fingerprint density at radius 1 is 1.44 bits per heavy atom. The molecule has 1 aliphatic carbocycles. The molecule has 3 heteroatoms. The third-order valence-electron chi connectivity index (χ3n) is 4.04. The lowest BCUT2D eigenvalue weighted by Crippen LogP contribution is -2.35. The molecule has 90 valence electrons. The van der Waals surface area contributed by atoms with Gasteiger partial charge in [-0.25, -0.2) is 0 Å². The maximum atomic E-state index is 6.25. The molecular formula is C13H23N3. The Balaban J connectivity index is 2.12. The zero-order chi connectivity index (χ0) is 11.7. The Kier molecular flexibility index (Phi) is 3.33. The highest BCUT2D eigenvalue weighted by molar-refractivity contribution is 5.15. The minimum atomic E-state index is 0.319. The van der Waals surface area contributed by atoms with Gasteiger partial charge in [0.2, 0.25) is 0 Å². The summed E-state index contributed by atoms with van der Waals surface area (Å²) in [4.78, 5) is 0. The van der Waals surface area contributed by atoms with Gasteiger partial charge in [-0.15, -0.1) is 0 Å². The molecule has 1 aromatic heterocycles. The van der Waals surface area contributed by atoms with Gasteiger partial charge in [0.25, 0.3) is 0 Å². The molecule has 0 spiro atoms. The Labute approximate surface area is 98.0 Å². The van der Waals surface area contributed by atoms with Gasteiger partial charge < -0.3 is 5.73 Å². The van der Waals surface area contributed by atoms with Gasteiger partial charge in [0.05, 0.1) is 6.20 Å². The lowest BCUT2D eigenvalue weighted by molar-refractivity contribution is 0.232. The lowest BCUT2D eigenvalue weighted by atomic mass is 9.72. The van der Waals surface area contributed by atoms with Gasteiger partial charge in [-0.3, -0.25) is 4.68 Å². The average molecular weight is 221 g/mol. The topological polar surface area (TPSA) is 43.8 Å². The van der Waals surface area contributed by atoms with E-state index in [2.05, 4.69) is 25.1 Å². The molecule has 1 aliphatic rings. The highest BCUT2D eigenvalue weighted by atomic mass is 15.2. The van der Waals surface area contributed by atoms with Crippen LogP contribution in [0.15, 0.2) is 12.4 Å². The summed E-state index contributed by atoms with van der Waals surface area (Å²) in [5.41, 5.74) is 7.57. The van der Waals surface area contributed by atoms with Crippen LogP contribution in [0.4, 0.5) is 0 Å². The van der Waals surface area contributed by atoms with Crippen molar-refractivity contribution < 1.29 is 0 Å². The van der Waals surface area contributed by atoms with Gasteiger partial charge in [-0.05, 0) is 36.7 Å². The molecular weight excluding hydrogens is 198 g/mol. The van der Waals surface area contributed by atoms with Crippen molar-refractivity contribution in [1.29, 1.82) is 0 Å². The van der Waals surface area contributed by atoms with Crippen molar-refractivity contribution in [3.63, 3.8) is 0 Å². The fourth-order valence-electron chi connectivity index (χ4n) is 2.85. The second-order valence-electron chi connectivity index (χ2n) is 5.53.